The maximum Gasteiger partial charge on any atom is 0.281 e. The van der Waals surface area contributed by atoms with Gasteiger partial charge in [-0.05, 0) is 43.8 Å². The predicted octanol–water partition coefficient (Wildman–Crippen LogP) is 5.41. The number of thiophene rings is 1. The van der Waals surface area contributed by atoms with Crippen LogP contribution >= 0.6 is 11.3 Å². The molecule has 4 heteroatoms. The number of amides is 1. The Morgan fingerprint density at radius 2 is 1.58 bits per heavy atom. The number of carbonyl (C=O) groups excluding carboxylic acids is 1. The number of nitrogens with zero attached hydrogens (tertiary/aromatic N) is 1. The van der Waals surface area contributed by atoms with E-state index in [4.69, 9.17) is 0 Å². The number of carbonyl (C=O) groups is 1. The third kappa shape index (κ3) is 2.35. The van der Waals surface area contributed by atoms with Gasteiger partial charge in [0.1, 0.15) is 0 Å². The first-order valence-electron chi connectivity index (χ1n) is 8.35. The summed E-state index contributed by atoms with van der Waals surface area (Å²) in [5.74, 6) is -0.186. The molecule has 4 aromatic carbocycles. The summed E-state index contributed by atoms with van der Waals surface area (Å²) >= 11 is 1.40. The van der Waals surface area contributed by atoms with Crippen LogP contribution in [0.25, 0.3) is 32.3 Å². The maximum atomic E-state index is 12.0. The monoisotopic (exact) mass is 354 g/mol. The Morgan fingerprint density at radius 3 is 2.35 bits per heavy atom. The van der Waals surface area contributed by atoms with Gasteiger partial charge in [0.25, 0.3) is 5.91 Å². The Labute approximate surface area is 153 Å². The second kappa shape index (κ2) is 5.93. The highest BCUT2D eigenvalue weighted by molar-refractivity contribution is 7.12. The highest BCUT2D eigenvalue weighted by Gasteiger charge is 2.10. The average Bonchev–Trinajstić information content (AvgIpc) is 3.22. The van der Waals surface area contributed by atoms with E-state index < -0.39 is 0 Å². The molecule has 0 fully saturated rings. The SMILES string of the molecule is O=C(N/N=C/c1ccc2ccc3cccc4ccc1c2c34)c1cccs1. The van der Waals surface area contributed by atoms with Crippen molar-refractivity contribution in [2.45, 2.75) is 0 Å². The molecule has 0 aliphatic rings. The van der Waals surface area contributed by atoms with Crippen molar-refractivity contribution in [3.63, 3.8) is 0 Å². The van der Waals surface area contributed by atoms with Crippen LogP contribution in [0.4, 0.5) is 0 Å². The second-order valence-corrected chi connectivity index (χ2v) is 7.13. The lowest BCUT2D eigenvalue weighted by atomic mass is 9.92. The molecular weight excluding hydrogens is 340 g/mol. The van der Waals surface area contributed by atoms with Gasteiger partial charge in [0.05, 0.1) is 11.1 Å². The van der Waals surface area contributed by atoms with Gasteiger partial charge in [-0.3, -0.25) is 4.79 Å². The van der Waals surface area contributed by atoms with E-state index in [0.29, 0.717) is 4.88 Å². The maximum absolute atomic E-state index is 12.0. The fraction of sp³-hybridized carbons (Fsp3) is 0. The van der Waals surface area contributed by atoms with E-state index >= 15 is 0 Å². The minimum atomic E-state index is -0.186. The summed E-state index contributed by atoms with van der Waals surface area (Å²) in [7, 11) is 0. The molecule has 0 aliphatic carbocycles. The fourth-order valence-electron chi connectivity index (χ4n) is 3.49. The molecule has 1 heterocycles. The van der Waals surface area contributed by atoms with Crippen molar-refractivity contribution in [3.05, 3.63) is 82.6 Å². The summed E-state index contributed by atoms with van der Waals surface area (Å²) in [6, 6.07) is 22.8. The van der Waals surface area contributed by atoms with Gasteiger partial charge in [-0.2, -0.15) is 5.10 Å². The standard InChI is InChI=1S/C22H14N2OS/c25-22(19-5-2-12-26-19)24-23-13-17-9-8-16-7-6-14-3-1-4-15-10-11-18(17)21(16)20(14)15/h1-13H,(H,24,25)/b23-13+. The lowest BCUT2D eigenvalue weighted by Gasteiger charge is -2.12. The number of hydrogen-bond donors (Lipinski definition) is 1. The molecule has 0 saturated carbocycles. The van der Waals surface area contributed by atoms with Crippen LogP contribution in [0.2, 0.25) is 0 Å². The van der Waals surface area contributed by atoms with Gasteiger partial charge in [-0.25, -0.2) is 5.43 Å². The van der Waals surface area contributed by atoms with Crippen molar-refractivity contribution in [1.82, 2.24) is 5.43 Å². The third-order valence-electron chi connectivity index (χ3n) is 4.68. The Morgan fingerprint density at radius 1 is 0.846 bits per heavy atom. The average molecular weight is 354 g/mol. The molecule has 0 unspecified atom stereocenters. The van der Waals surface area contributed by atoms with E-state index in [9.17, 15) is 4.79 Å². The molecule has 5 rings (SSSR count). The first kappa shape index (κ1) is 15.0. The Bertz CT molecular complexity index is 1260. The summed E-state index contributed by atoms with van der Waals surface area (Å²) in [5, 5.41) is 13.4. The lowest BCUT2D eigenvalue weighted by molar-refractivity contribution is 0.0959. The smallest absolute Gasteiger partial charge is 0.266 e. The van der Waals surface area contributed by atoms with Crippen LogP contribution in [0, 0.1) is 0 Å². The molecule has 1 amide bonds. The summed E-state index contributed by atoms with van der Waals surface area (Å²) in [5.41, 5.74) is 3.59. The van der Waals surface area contributed by atoms with Crippen molar-refractivity contribution in [1.29, 1.82) is 0 Å². The number of hydrogen-bond acceptors (Lipinski definition) is 3. The fourth-order valence-corrected chi connectivity index (χ4v) is 4.11. The van der Waals surface area contributed by atoms with E-state index in [0.717, 1.165) is 10.9 Å². The second-order valence-electron chi connectivity index (χ2n) is 6.19. The molecule has 5 aromatic rings. The van der Waals surface area contributed by atoms with Gasteiger partial charge in [0, 0.05) is 5.56 Å². The summed E-state index contributed by atoms with van der Waals surface area (Å²) in [4.78, 5) is 12.7. The number of hydrazone groups is 1. The Kier molecular flexibility index (Phi) is 3.43. The van der Waals surface area contributed by atoms with Crippen molar-refractivity contribution in [2.24, 2.45) is 5.10 Å². The number of rotatable bonds is 3. The molecule has 1 aromatic heterocycles. The summed E-state index contributed by atoms with van der Waals surface area (Å²) in [6.07, 6.45) is 1.72. The minimum Gasteiger partial charge on any atom is -0.266 e. The summed E-state index contributed by atoms with van der Waals surface area (Å²) < 4.78 is 0. The van der Waals surface area contributed by atoms with Crippen LogP contribution in [-0.2, 0) is 0 Å². The quantitative estimate of drug-likeness (QED) is 0.263. The minimum absolute atomic E-state index is 0.186. The van der Waals surface area contributed by atoms with Crippen molar-refractivity contribution in [2.75, 3.05) is 0 Å². The van der Waals surface area contributed by atoms with Crippen LogP contribution in [-0.4, -0.2) is 12.1 Å². The van der Waals surface area contributed by atoms with Crippen LogP contribution in [0.15, 0.2) is 77.2 Å². The Hall–Kier alpha value is -3.24. The normalized spacial score (nSPS) is 11.8. The van der Waals surface area contributed by atoms with Crippen molar-refractivity contribution >= 4 is 55.8 Å². The highest BCUT2D eigenvalue weighted by Crippen LogP contribution is 2.35. The molecule has 26 heavy (non-hydrogen) atoms. The van der Waals surface area contributed by atoms with Gasteiger partial charge in [0.15, 0.2) is 0 Å². The zero-order valence-electron chi connectivity index (χ0n) is 13.8. The highest BCUT2D eigenvalue weighted by atomic mass is 32.1. The van der Waals surface area contributed by atoms with Crippen LogP contribution in [0.1, 0.15) is 15.2 Å². The van der Waals surface area contributed by atoms with Gasteiger partial charge < -0.3 is 0 Å². The molecule has 0 radical (unpaired) electrons. The molecule has 0 spiro atoms. The summed E-state index contributed by atoms with van der Waals surface area (Å²) in [6.45, 7) is 0. The van der Waals surface area contributed by atoms with E-state index in [1.54, 1.807) is 12.3 Å². The van der Waals surface area contributed by atoms with Crippen molar-refractivity contribution in [3.8, 4) is 0 Å². The van der Waals surface area contributed by atoms with E-state index in [2.05, 4.69) is 59.1 Å². The third-order valence-corrected chi connectivity index (χ3v) is 5.55. The molecule has 0 atom stereocenters. The first-order valence-corrected chi connectivity index (χ1v) is 9.23. The molecule has 0 bridgehead atoms. The number of nitrogens with one attached hydrogen (secondary N) is 1. The molecule has 3 nitrogen and oxygen atoms in total. The van der Waals surface area contributed by atoms with Crippen molar-refractivity contribution < 1.29 is 4.79 Å². The molecule has 1 N–H and O–H groups in total. The topological polar surface area (TPSA) is 41.5 Å². The van der Waals surface area contributed by atoms with Gasteiger partial charge in [-0.1, -0.05) is 60.7 Å². The number of benzene rings is 4. The molecule has 0 aliphatic heterocycles. The van der Waals surface area contributed by atoms with Gasteiger partial charge in [0.2, 0.25) is 0 Å². The van der Waals surface area contributed by atoms with E-state index in [-0.39, 0.29) is 5.91 Å². The Balaban J connectivity index is 1.60. The van der Waals surface area contributed by atoms with Crippen LogP contribution in [0.5, 0.6) is 0 Å². The van der Waals surface area contributed by atoms with Crippen LogP contribution < -0.4 is 5.43 Å². The first-order chi connectivity index (χ1) is 12.8. The predicted molar refractivity (Wildman–Crippen MR) is 110 cm³/mol. The molecule has 124 valence electrons. The molecule has 0 saturated heterocycles. The van der Waals surface area contributed by atoms with Gasteiger partial charge >= 0.3 is 0 Å². The van der Waals surface area contributed by atoms with Gasteiger partial charge in [-0.15, -0.1) is 11.3 Å². The zero-order valence-corrected chi connectivity index (χ0v) is 14.6. The van der Waals surface area contributed by atoms with Crippen LogP contribution in [0.3, 0.4) is 0 Å². The van der Waals surface area contributed by atoms with E-state index in [1.165, 1.54) is 38.3 Å². The van der Waals surface area contributed by atoms with E-state index in [1.807, 2.05) is 17.5 Å². The largest absolute Gasteiger partial charge is 0.281 e. The lowest BCUT2D eigenvalue weighted by Crippen LogP contribution is -2.16. The zero-order chi connectivity index (χ0) is 17.5. The molecular formula is C22H14N2OS.